The number of rotatable bonds is 7. The Balaban J connectivity index is 1.86. The molecule has 0 aromatic heterocycles. The summed E-state index contributed by atoms with van der Waals surface area (Å²) in [6.45, 7) is 4.81. The first-order valence-corrected chi connectivity index (χ1v) is 8.32. The number of nitrogens with one attached hydrogen (secondary N) is 2. The Kier molecular flexibility index (Phi) is 6.57. The lowest BCUT2D eigenvalue weighted by molar-refractivity contribution is -0.115. The summed E-state index contributed by atoms with van der Waals surface area (Å²) >= 11 is 0. The van der Waals surface area contributed by atoms with Crippen LogP contribution < -0.4 is 10.6 Å². The Hall–Kier alpha value is -2.82. The van der Waals surface area contributed by atoms with Crippen LogP contribution in [0.15, 0.2) is 48.5 Å². The fraction of sp³-hybridized carbons (Fsp3) is 0.300. The van der Waals surface area contributed by atoms with Gasteiger partial charge in [0.2, 0.25) is 5.91 Å². The van der Waals surface area contributed by atoms with Crippen molar-refractivity contribution in [2.45, 2.75) is 26.2 Å². The molecule has 0 aliphatic carbocycles. The van der Waals surface area contributed by atoms with Crippen molar-refractivity contribution in [3.63, 3.8) is 0 Å². The molecule has 132 valence electrons. The first kappa shape index (κ1) is 18.5. The molecule has 0 aliphatic rings. The summed E-state index contributed by atoms with van der Waals surface area (Å²) < 4.78 is 4.72. The van der Waals surface area contributed by atoms with Crippen molar-refractivity contribution in [3.05, 3.63) is 59.7 Å². The third kappa shape index (κ3) is 5.35. The topological polar surface area (TPSA) is 67.4 Å². The van der Waals surface area contributed by atoms with E-state index < -0.39 is 5.97 Å². The second kappa shape index (κ2) is 8.87. The second-order valence-electron chi connectivity index (χ2n) is 6.04. The van der Waals surface area contributed by atoms with Crippen molar-refractivity contribution in [2.24, 2.45) is 0 Å². The summed E-state index contributed by atoms with van der Waals surface area (Å²) in [6.07, 6.45) is 0.293. The predicted molar refractivity (Wildman–Crippen MR) is 100 cm³/mol. The van der Waals surface area contributed by atoms with Gasteiger partial charge in [-0.15, -0.1) is 0 Å². The van der Waals surface area contributed by atoms with E-state index in [9.17, 15) is 9.59 Å². The predicted octanol–water partition coefficient (Wildman–Crippen LogP) is 4.04. The molecule has 0 unspecified atom stereocenters. The standard InChI is InChI=1S/C20H24N2O3/c1-14(2)15-8-10-16(11-9-15)21-13-12-19(23)22-18-7-5-4-6-17(18)20(24)25-3/h4-11,14,21H,12-13H2,1-3H3,(H,22,23). The molecule has 0 bridgehead atoms. The Bertz CT molecular complexity index is 724. The Morgan fingerprint density at radius 3 is 2.36 bits per heavy atom. The first-order chi connectivity index (χ1) is 12.0. The van der Waals surface area contributed by atoms with Gasteiger partial charge in [-0.25, -0.2) is 4.79 Å². The first-order valence-electron chi connectivity index (χ1n) is 8.32. The molecule has 0 saturated carbocycles. The highest BCUT2D eigenvalue weighted by Gasteiger charge is 2.12. The monoisotopic (exact) mass is 340 g/mol. The molecule has 0 spiro atoms. The van der Waals surface area contributed by atoms with Gasteiger partial charge in [0.05, 0.1) is 18.4 Å². The van der Waals surface area contributed by atoms with Gasteiger partial charge < -0.3 is 15.4 Å². The van der Waals surface area contributed by atoms with E-state index in [4.69, 9.17) is 4.74 Å². The molecule has 0 radical (unpaired) electrons. The SMILES string of the molecule is COC(=O)c1ccccc1NC(=O)CCNc1ccc(C(C)C)cc1. The average Bonchev–Trinajstić information content (AvgIpc) is 2.62. The van der Waals surface area contributed by atoms with Crippen LogP contribution in [0.4, 0.5) is 11.4 Å². The maximum Gasteiger partial charge on any atom is 0.339 e. The smallest absolute Gasteiger partial charge is 0.339 e. The molecule has 2 N–H and O–H groups in total. The van der Waals surface area contributed by atoms with E-state index >= 15 is 0 Å². The van der Waals surface area contributed by atoms with Gasteiger partial charge in [-0.05, 0) is 35.7 Å². The van der Waals surface area contributed by atoms with E-state index in [-0.39, 0.29) is 5.91 Å². The average molecular weight is 340 g/mol. The molecule has 2 rings (SSSR count). The highest BCUT2D eigenvalue weighted by molar-refractivity contribution is 6.01. The number of benzene rings is 2. The number of anilines is 2. The van der Waals surface area contributed by atoms with Gasteiger partial charge in [-0.1, -0.05) is 38.1 Å². The van der Waals surface area contributed by atoms with Crippen molar-refractivity contribution in [1.82, 2.24) is 0 Å². The molecule has 0 fully saturated rings. The number of methoxy groups -OCH3 is 1. The number of hydrogen-bond acceptors (Lipinski definition) is 4. The number of para-hydroxylation sites is 1. The maximum atomic E-state index is 12.1. The molecule has 5 nitrogen and oxygen atoms in total. The van der Waals surface area contributed by atoms with Crippen LogP contribution in [-0.4, -0.2) is 25.5 Å². The van der Waals surface area contributed by atoms with Crippen LogP contribution in [0, 0.1) is 0 Å². The number of hydrogen-bond donors (Lipinski definition) is 2. The van der Waals surface area contributed by atoms with Gasteiger partial charge >= 0.3 is 5.97 Å². The fourth-order valence-electron chi connectivity index (χ4n) is 2.40. The van der Waals surface area contributed by atoms with Crippen LogP contribution >= 0.6 is 0 Å². The summed E-state index contributed by atoms with van der Waals surface area (Å²) in [5.74, 6) is -0.142. The van der Waals surface area contributed by atoms with Crippen molar-refractivity contribution in [3.8, 4) is 0 Å². The molecular weight excluding hydrogens is 316 g/mol. The normalized spacial score (nSPS) is 10.4. The van der Waals surface area contributed by atoms with E-state index in [0.29, 0.717) is 30.1 Å². The van der Waals surface area contributed by atoms with Gasteiger partial charge in [0.1, 0.15) is 0 Å². The lowest BCUT2D eigenvalue weighted by Crippen LogP contribution is -2.18. The highest BCUT2D eigenvalue weighted by Crippen LogP contribution is 2.18. The van der Waals surface area contributed by atoms with Gasteiger partial charge in [0, 0.05) is 18.7 Å². The van der Waals surface area contributed by atoms with Crippen molar-refractivity contribution < 1.29 is 14.3 Å². The molecular formula is C20H24N2O3. The summed E-state index contributed by atoms with van der Waals surface area (Å²) in [5, 5.41) is 5.98. The van der Waals surface area contributed by atoms with E-state index in [2.05, 4.69) is 36.6 Å². The molecule has 0 atom stereocenters. The van der Waals surface area contributed by atoms with Crippen LogP contribution in [0.1, 0.15) is 42.1 Å². The molecule has 1 amide bonds. The molecule has 2 aromatic rings. The second-order valence-corrected chi connectivity index (χ2v) is 6.04. The zero-order valence-electron chi connectivity index (χ0n) is 14.8. The third-order valence-corrected chi connectivity index (χ3v) is 3.86. The number of ether oxygens (including phenoxy) is 1. The quantitative estimate of drug-likeness (QED) is 0.747. The molecule has 2 aromatic carbocycles. The molecule has 0 saturated heterocycles. The Morgan fingerprint density at radius 2 is 1.72 bits per heavy atom. The van der Waals surface area contributed by atoms with Crippen LogP contribution in [-0.2, 0) is 9.53 Å². The Labute approximate surface area is 148 Å². The number of carbonyl (C=O) groups excluding carboxylic acids is 2. The van der Waals surface area contributed by atoms with E-state index in [0.717, 1.165) is 5.69 Å². The van der Waals surface area contributed by atoms with Gasteiger partial charge in [0.25, 0.3) is 0 Å². The van der Waals surface area contributed by atoms with Gasteiger partial charge in [0.15, 0.2) is 0 Å². The maximum absolute atomic E-state index is 12.1. The minimum absolute atomic E-state index is 0.164. The minimum atomic E-state index is -0.473. The molecule has 0 aliphatic heterocycles. The molecule has 5 heteroatoms. The summed E-state index contributed by atoms with van der Waals surface area (Å²) in [6, 6.07) is 15.0. The van der Waals surface area contributed by atoms with Gasteiger partial charge in [-0.3, -0.25) is 4.79 Å². The van der Waals surface area contributed by atoms with Crippen LogP contribution in [0.25, 0.3) is 0 Å². The summed E-state index contributed by atoms with van der Waals surface area (Å²) in [5.41, 5.74) is 3.06. The van der Waals surface area contributed by atoms with Crippen LogP contribution in [0.2, 0.25) is 0 Å². The largest absolute Gasteiger partial charge is 0.465 e. The zero-order valence-corrected chi connectivity index (χ0v) is 14.8. The minimum Gasteiger partial charge on any atom is -0.465 e. The van der Waals surface area contributed by atoms with Crippen molar-refractivity contribution in [1.29, 1.82) is 0 Å². The molecule has 0 heterocycles. The lowest BCUT2D eigenvalue weighted by Gasteiger charge is -2.11. The van der Waals surface area contributed by atoms with E-state index in [1.54, 1.807) is 24.3 Å². The third-order valence-electron chi connectivity index (χ3n) is 3.86. The Morgan fingerprint density at radius 1 is 1.04 bits per heavy atom. The zero-order chi connectivity index (χ0) is 18.2. The van der Waals surface area contributed by atoms with Crippen LogP contribution in [0.3, 0.4) is 0 Å². The lowest BCUT2D eigenvalue weighted by atomic mass is 10.0. The van der Waals surface area contributed by atoms with Crippen molar-refractivity contribution >= 4 is 23.3 Å². The summed E-state index contributed by atoms with van der Waals surface area (Å²) in [4.78, 5) is 23.8. The van der Waals surface area contributed by atoms with Crippen molar-refractivity contribution in [2.75, 3.05) is 24.3 Å². The van der Waals surface area contributed by atoms with Gasteiger partial charge in [-0.2, -0.15) is 0 Å². The van der Waals surface area contributed by atoms with Crippen LogP contribution in [0.5, 0.6) is 0 Å². The van der Waals surface area contributed by atoms with E-state index in [1.807, 2.05) is 12.1 Å². The number of esters is 1. The summed E-state index contributed by atoms with van der Waals surface area (Å²) in [7, 11) is 1.31. The van der Waals surface area contributed by atoms with E-state index in [1.165, 1.54) is 12.7 Å². The number of carbonyl (C=O) groups is 2. The highest BCUT2D eigenvalue weighted by atomic mass is 16.5. The molecule has 25 heavy (non-hydrogen) atoms. The number of amides is 1. The fourth-order valence-corrected chi connectivity index (χ4v) is 2.40.